The van der Waals surface area contributed by atoms with E-state index in [1.807, 2.05) is 14.0 Å². The molecule has 1 fully saturated rings. The van der Waals surface area contributed by atoms with Gasteiger partial charge >= 0.3 is 0 Å². The molecule has 2 rings (SSSR count). The molecule has 2 atom stereocenters. The number of ether oxygens (including phenoxy) is 1. The van der Waals surface area contributed by atoms with Crippen LogP contribution in [0.3, 0.4) is 0 Å². The van der Waals surface area contributed by atoms with Crippen LogP contribution < -0.4 is 10.1 Å². The predicted molar refractivity (Wildman–Crippen MR) is 88.9 cm³/mol. The fourth-order valence-corrected chi connectivity index (χ4v) is 3.16. The van der Waals surface area contributed by atoms with Crippen LogP contribution in [0.15, 0.2) is 24.3 Å². The quantitative estimate of drug-likeness (QED) is 0.868. The molecular weight excluding hydrogens is 260 g/mol. The second-order valence-corrected chi connectivity index (χ2v) is 6.15. The van der Waals surface area contributed by atoms with Crippen LogP contribution in [0.1, 0.15) is 44.7 Å². The third-order valence-electron chi connectivity index (χ3n) is 4.49. The summed E-state index contributed by atoms with van der Waals surface area (Å²) in [5.41, 5.74) is 1.28. The average Bonchev–Trinajstić information content (AvgIpc) is 2.70. The van der Waals surface area contributed by atoms with E-state index in [-0.39, 0.29) is 0 Å². The molecule has 3 heteroatoms. The average molecular weight is 290 g/mol. The molecule has 3 nitrogen and oxygen atoms in total. The Hall–Kier alpha value is -1.06. The van der Waals surface area contributed by atoms with Crippen LogP contribution in [0.4, 0.5) is 0 Å². The highest BCUT2D eigenvalue weighted by Crippen LogP contribution is 2.26. The minimum Gasteiger partial charge on any atom is -0.494 e. The maximum atomic E-state index is 5.79. The van der Waals surface area contributed by atoms with Gasteiger partial charge in [0.2, 0.25) is 0 Å². The van der Waals surface area contributed by atoms with Gasteiger partial charge in [-0.15, -0.1) is 0 Å². The number of nitrogens with one attached hydrogen (secondary N) is 1. The summed E-state index contributed by atoms with van der Waals surface area (Å²) < 4.78 is 5.79. The van der Waals surface area contributed by atoms with Crippen LogP contribution in [-0.4, -0.2) is 38.2 Å². The molecule has 0 radical (unpaired) electrons. The van der Waals surface area contributed by atoms with Crippen LogP contribution in [0, 0.1) is 5.92 Å². The first-order chi connectivity index (χ1) is 10.2. The molecule has 0 aromatic heterocycles. The maximum Gasteiger partial charge on any atom is 0.124 e. The Bertz CT molecular complexity index is 421. The summed E-state index contributed by atoms with van der Waals surface area (Å²) in [4.78, 5) is 2.60. The molecule has 0 aliphatic carbocycles. The van der Waals surface area contributed by atoms with E-state index in [1.165, 1.54) is 37.9 Å². The first kappa shape index (κ1) is 16.3. The SMILES string of the molecule is CCOc1ccccc1C(CN1CCCC(C)CC1)NC. The first-order valence-corrected chi connectivity index (χ1v) is 8.36. The number of hydrogen-bond acceptors (Lipinski definition) is 3. The zero-order chi connectivity index (χ0) is 15.1. The molecule has 118 valence electrons. The largest absolute Gasteiger partial charge is 0.494 e. The third kappa shape index (κ3) is 4.72. The number of hydrogen-bond donors (Lipinski definition) is 1. The molecule has 1 aromatic rings. The van der Waals surface area contributed by atoms with Gasteiger partial charge in [0.1, 0.15) is 5.75 Å². The smallest absolute Gasteiger partial charge is 0.124 e. The summed E-state index contributed by atoms with van der Waals surface area (Å²) >= 11 is 0. The van der Waals surface area contributed by atoms with Crippen molar-refractivity contribution in [2.24, 2.45) is 5.92 Å². The lowest BCUT2D eigenvalue weighted by atomic mass is 10.0. The van der Waals surface area contributed by atoms with Gasteiger partial charge in [-0.05, 0) is 58.3 Å². The number of rotatable bonds is 6. The molecule has 0 bridgehead atoms. The van der Waals surface area contributed by atoms with E-state index in [0.717, 1.165) is 18.2 Å². The van der Waals surface area contributed by atoms with E-state index in [4.69, 9.17) is 4.74 Å². The third-order valence-corrected chi connectivity index (χ3v) is 4.49. The van der Waals surface area contributed by atoms with Crippen molar-refractivity contribution >= 4 is 0 Å². The summed E-state index contributed by atoms with van der Waals surface area (Å²) in [6.45, 7) is 8.64. The maximum absolute atomic E-state index is 5.79. The van der Waals surface area contributed by atoms with Gasteiger partial charge in [0.15, 0.2) is 0 Å². The minimum atomic E-state index is 0.334. The Kier molecular flexibility index (Phi) is 6.52. The molecule has 1 saturated heterocycles. The molecule has 1 N–H and O–H groups in total. The molecule has 1 heterocycles. The van der Waals surface area contributed by atoms with Crippen LogP contribution in [0.2, 0.25) is 0 Å². The Morgan fingerprint density at radius 2 is 2.10 bits per heavy atom. The number of para-hydroxylation sites is 1. The lowest BCUT2D eigenvalue weighted by Crippen LogP contribution is -2.34. The van der Waals surface area contributed by atoms with Crippen molar-refractivity contribution in [3.8, 4) is 5.75 Å². The Morgan fingerprint density at radius 3 is 2.86 bits per heavy atom. The van der Waals surface area contributed by atoms with Crippen molar-refractivity contribution in [1.29, 1.82) is 0 Å². The van der Waals surface area contributed by atoms with Gasteiger partial charge in [-0.1, -0.05) is 25.1 Å². The van der Waals surface area contributed by atoms with E-state index in [9.17, 15) is 0 Å². The monoisotopic (exact) mass is 290 g/mol. The number of likely N-dealkylation sites (tertiary alicyclic amines) is 1. The standard InChI is InChI=1S/C18H30N2O/c1-4-21-18-10-6-5-9-16(18)17(19-3)14-20-12-7-8-15(2)11-13-20/h5-6,9-10,15,17,19H,4,7-8,11-14H2,1-3H3. The Labute approximate surface area is 129 Å². The molecule has 1 aliphatic rings. The summed E-state index contributed by atoms with van der Waals surface area (Å²) in [6.07, 6.45) is 4.02. The number of nitrogens with zero attached hydrogens (tertiary/aromatic N) is 1. The normalized spacial score (nSPS) is 21.8. The van der Waals surface area contributed by atoms with Crippen molar-refractivity contribution in [3.63, 3.8) is 0 Å². The second kappa shape index (κ2) is 8.40. The summed E-state index contributed by atoms with van der Waals surface area (Å²) in [7, 11) is 2.05. The molecule has 1 aromatic carbocycles. The highest BCUT2D eigenvalue weighted by molar-refractivity contribution is 5.36. The summed E-state index contributed by atoms with van der Waals surface area (Å²) in [5, 5.41) is 3.47. The van der Waals surface area contributed by atoms with Crippen LogP contribution in [0.25, 0.3) is 0 Å². The van der Waals surface area contributed by atoms with Gasteiger partial charge in [-0.2, -0.15) is 0 Å². The van der Waals surface area contributed by atoms with E-state index in [1.54, 1.807) is 0 Å². The number of likely N-dealkylation sites (N-methyl/N-ethyl adjacent to an activating group) is 1. The molecule has 0 saturated carbocycles. The van der Waals surface area contributed by atoms with E-state index in [0.29, 0.717) is 12.6 Å². The second-order valence-electron chi connectivity index (χ2n) is 6.15. The zero-order valence-corrected chi connectivity index (χ0v) is 13.8. The molecule has 2 unspecified atom stereocenters. The minimum absolute atomic E-state index is 0.334. The van der Waals surface area contributed by atoms with Gasteiger partial charge in [0, 0.05) is 18.2 Å². The van der Waals surface area contributed by atoms with Gasteiger partial charge in [0.25, 0.3) is 0 Å². The van der Waals surface area contributed by atoms with Crippen LogP contribution in [-0.2, 0) is 0 Å². The molecule has 1 aliphatic heterocycles. The van der Waals surface area contributed by atoms with Gasteiger partial charge in [0.05, 0.1) is 6.61 Å². The van der Waals surface area contributed by atoms with E-state index in [2.05, 4.69) is 41.4 Å². The van der Waals surface area contributed by atoms with Gasteiger partial charge in [-0.25, -0.2) is 0 Å². The van der Waals surface area contributed by atoms with Crippen LogP contribution in [0.5, 0.6) is 5.75 Å². The fourth-order valence-electron chi connectivity index (χ4n) is 3.16. The summed E-state index contributed by atoms with van der Waals surface area (Å²) in [6, 6.07) is 8.75. The first-order valence-electron chi connectivity index (χ1n) is 8.36. The van der Waals surface area contributed by atoms with Crippen LogP contribution >= 0.6 is 0 Å². The lowest BCUT2D eigenvalue weighted by Gasteiger charge is -2.27. The van der Waals surface area contributed by atoms with E-state index >= 15 is 0 Å². The number of benzene rings is 1. The summed E-state index contributed by atoms with van der Waals surface area (Å²) in [5.74, 6) is 1.89. The lowest BCUT2D eigenvalue weighted by molar-refractivity contribution is 0.248. The van der Waals surface area contributed by atoms with E-state index < -0.39 is 0 Å². The van der Waals surface area contributed by atoms with Crippen molar-refractivity contribution in [2.45, 2.75) is 39.2 Å². The highest BCUT2D eigenvalue weighted by atomic mass is 16.5. The van der Waals surface area contributed by atoms with Crippen molar-refractivity contribution in [1.82, 2.24) is 10.2 Å². The van der Waals surface area contributed by atoms with Crippen molar-refractivity contribution in [2.75, 3.05) is 33.3 Å². The highest BCUT2D eigenvalue weighted by Gasteiger charge is 2.20. The predicted octanol–water partition coefficient (Wildman–Crippen LogP) is 3.47. The van der Waals surface area contributed by atoms with Crippen molar-refractivity contribution < 1.29 is 4.74 Å². The fraction of sp³-hybridized carbons (Fsp3) is 0.667. The topological polar surface area (TPSA) is 24.5 Å². The molecule has 21 heavy (non-hydrogen) atoms. The van der Waals surface area contributed by atoms with Gasteiger partial charge in [-0.3, -0.25) is 0 Å². The zero-order valence-electron chi connectivity index (χ0n) is 13.8. The molecular formula is C18H30N2O. The van der Waals surface area contributed by atoms with Crippen molar-refractivity contribution in [3.05, 3.63) is 29.8 Å². The molecule has 0 amide bonds. The molecule has 0 spiro atoms. The van der Waals surface area contributed by atoms with Gasteiger partial charge < -0.3 is 15.0 Å². The Morgan fingerprint density at radius 1 is 1.29 bits per heavy atom. The Balaban J connectivity index is 2.05.